The molecule has 2 unspecified atom stereocenters. The third-order valence-corrected chi connectivity index (χ3v) is 1.60. The second-order valence-electron chi connectivity index (χ2n) is 1.99. The number of nitriles is 1. The Labute approximate surface area is 43.3 Å². The van der Waals surface area contributed by atoms with Crippen LogP contribution in [0.5, 0.6) is 0 Å². The van der Waals surface area contributed by atoms with Crippen molar-refractivity contribution in [3.05, 3.63) is 0 Å². The molecule has 0 spiro atoms. The first-order chi connectivity index (χ1) is 3.27. The molecule has 1 heterocycles. The van der Waals surface area contributed by atoms with Crippen LogP contribution in [0.4, 0.5) is 0 Å². The van der Waals surface area contributed by atoms with Crippen molar-refractivity contribution in [2.24, 2.45) is 0 Å². The van der Waals surface area contributed by atoms with Crippen molar-refractivity contribution in [1.29, 1.82) is 5.26 Å². The molecule has 2 atom stereocenters. The fourth-order valence-corrected chi connectivity index (χ4v) is 0.686. The zero-order chi connectivity index (χ0) is 5.44. The molecular weight excluding hydrogens is 88.1 g/mol. The van der Waals surface area contributed by atoms with E-state index in [9.17, 15) is 0 Å². The molecule has 0 aromatic heterocycles. The average molecular weight is 96.1 g/mol. The van der Waals surface area contributed by atoms with Gasteiger partial charge in [0.25, 0.3) is 0 Å². The smallest absolute Gasteiger partial charge is 0.179 e. The molecule has 38 valence electrons. The van der Waals surface area contributed by atoms with Crippen LogP contribution in [0.3, 0.4) is 0 Å². The molecule has 0 amide bonds. The Hall–Kier alpha value is -0.710. The van der Waals surface area contributed by atoms with E-state index < -0.39 is 0 Å². The zero-order valence-electron chi connectivity index (χ0n) is 4.55. The van der Waals surface area contributed by atoms with Crippen LogP contribution in [-0.4, -0.2) is 17.0 Å². The molecule has 1 fully saturated rings. The summed E-state index contributed by atoms with van der Waals surface area (Å²) in [5.41, 5.74) is 0. The highest BCUT2D eigenvalue weighted by Gasteiger charge is 2.38. The van der Waals surface area contributed by atoms with Crippen LogP contribution in [0.2, 0.25) is 0 Å². The lowest BCUT2D eigenvalue weighted by Gasteiger charge is -1.77. The van der Waals surface area contributed by atoms with Crippen molar-refractivity contribution in [2.75, 3.05) is 0 Å². The van der Waals surface area contributed by atoms with Gasteiger partial charge in [0.15, 0.2) is 6.19 Å². The van der Waals surface area contributed by atoms with Gasteiger partial charge in [-0.3, -0.25) is 0 Å². The highest BCUT2D eigenvalue weighted by molar-refractivity contribution is 5.03. The normalized spacial score (nSPS) is 37.6. The standard InChI is InChI=1S/C5H8N2/c1-4-5(2)7(4)3-6/h4-5H,1-2H3. The Balaban J connectivity index is 2.42. The average Bonchev–Trinajstić information content (AvgIpc) is 2.17. The van der Waals surface area contributed by atoms with E-state index in [1.165, 1.54) is 0 Å². The predicted molar refractivity (Wildman–Crippen MR) is 26.4 cm³/mol. The SMILES string of the molecule is CC1C(C)N1C#N. The minimum absolute atomic E-state index is 0.505. The van der Waals surface area contributed by atoms with E-state index >= 15 is 0 Å². The Bertz CT molecular complexity index is 106. The van der Waals surface area contributed by atoms with Crippen LogP contribution in [0.15, 0.2) is 0 Å². The zero-order valence-corrected chi connectivity index (χ0v) is 4.55. The minimum Gasteiger partial charge on any atom is -0.301 e. The summed E-state index contributed by atoms with van der Waals surface area (Å²) in [6, 6.07) is 1.01. The lowest BCUT2D eigenvalue weighted by Crippen LogP contribution is -1.85. The van der Waals surface area contributed by atoms with E-state index in [1.54, 1.807) is 4.90 Å². The van der Waals surface area contributed by atoms with Crippen molar-refractivity contribution >= 4 is 0 Å². The summed E-state index contributed by atoms with van der Waals surface area (Å²) in [6.45, 7) is 4.10. The largest absolute Gasteiger partial charge is 0.301 e. The second kappa shape index (κ2) is 1.13. The molecule has 0 N–H and O–H groups in total. The predicted octanol–water partition coefficient (Wildman–Crippen LogP) is 0.560. The molecule has 7 heavy (non-hydrogen) atoms. The van der Waals surface area contributed by atoms with Gasteiger partial charge in [0.05, 0.1) is 12.1 Å². The topological polar surface area (TPSA) is 26.8 Å². The molecule has 0 aromatic carbocycles. The quantitative estimate of drug-likeness (QED) is 0.325. The Morgan fingerprint density at radius 1 is 1.43 bits per heavy atom. The summed E-state index contributed by atoms with van der Waals surface area (Å²) in [4.78, 5) is 1.76. The molecule has 0 bridgehead atoms. The van der Waals surface area contributed by atoms with E-state index in [2.05, 4.69) is 6.19 Å². The first-order valence-electron chi connectivity index (χ1n) is 2.45. The van der Waals surface area contributed by atoms with Gasteiger partial charge in [0.1, 0.15) is 0 Å². The summed E-state index contributed by atoms with van der Waals surface area (Å²) in [6.07, 6.45) is 2.07. The minimum atomic E-state index is 0.505. The molecule has 0 saturated carbocycles. The first-order valence-corrected chi connectivity index (χ1v) is 2.45. The van der Waals surface area contributed by atoms with Gasteiger partial charge in [0, 0.05) is 0 Å². The fraction of sp³-hybridized carbons (Fsp3) is 0.800. The monoisotopic (exact) mass is 96.1 g/mol. The summed E-state index contributed by atoms with van der Waals surface area (Å²) in [5, 5.41) is 8.22. The summed E-state index contributed by atoms with van der Waals surface area (Å²) in [7, 11) is 0. The van der Waals surface area contributed by atoms with Gasteiger partial charge in [0.2, 0.25) is 0 Å². The van der Waals surface area contributed by atoms with Crippen LogP contribution in [-0.2, 0) is 0 Å². The molecule has 1 rings (SSSR count). The van der Waals surface area contributed by atoms with Gasteiger partial charge in [-0.25, -0.2) is 0 Å². The van der Waals surface area contributed by atoms with Crippen molar-refractivity contribution < 1.29 is 0 Å². The second-order valence-corrected chi connectivity index (χ2v) is 1.99. The van der Waals surface area contributed by atoms with Crippen LogP contribution in [0.25, 0.3) is 0 Å². The molecule has 0 aromatic rings. The molecule has 1 aliphatic rings. The highest BCUT2D eigenvalue weighted by Crippen LogP contribution is 2.24. The van der Waals surface area contributed by atoms with E-state index in [0.717, 1.165) is 0 Å². The van der Waals surface area contributed by atoms with Gasteiger partial charge >= 0.3 is 0 Å². The third kappa shape index (κ3) is 0.449. The lowest BCUT2D eigenvalue weighted by atomic mass is 10.4. The number of hydrogen-bond donors (Lipinski definition) is 0. The van der Waals surface area contributed by atoms with Gasteiger partial charge in [-0.15, -0.1) is 0 Å². The van der Waals surface area contributed by atoms with E-state index in [-0.39, 0.29) is 0 Å². The molecule has 2 heteroatoms. The summed E-state index contributed by atoms with van der Waals surface area (Å²) < 4.78 is 0. The lowest BCUT2D eigenvalue weighted by molar-refractivity contribution is 0.689. The number of hydrogen-bond acceptors (Lipinski definition) is 2. The molecule has 2 nitrogen and oxygen atoms in total. The van der Waals surface area contributed by atoms with Gasteiger partial charge in [-0.1, -0.05) is 0 Å². The van der Waals surface area contributed by atoms with Crippen LogP contribution < -0.4 is 0 Å². The number of rotatable bonds is 0. The molecule has 1 aliphatic heterocycles. The fourth-order valence-electron chi connectivity index (χ4n) is 0.686. The van der Waals surface area contributed by atoms with Gasteiger partial charge < -0.3 is 4.90 Å². The van der Waals surface area contributed by atoms with Gasteiger partial charge in [-0.2, -0.15) is 5.26 Å². The summed E-state index contributed by atoms with van der Waals surface area (Å²) in [5.74, 6) is 0. The Kier molecular flexibility index (Phi) is 0.717. The van der Waals surface area contributed by atoms with Gasteiger partial charge in [-0.05, 0) is 13.8 Å². The maximum Gasteiger partial charge on any atom is 0.179 e. The maximum atomic E-state index is 8.22. The van der Waals surface area contributed by atoms with Crippen LogP contribution in [0, 0.1) is 11.5 Å². The molecular formula is C5H8N2. The maximum absolute atomic E-state index is 8.22. The molecule has 1 saturated heterocycles. The van der Waals surface area contributed by atoms with Crippen LogP contribution >= 0.6 is 0 Å². The molecule has 0 aliphatic carbocycles. The van der Waals surface area contributed by atoms with E-state index in [1.807, 2.05) is 13.8 Å². The third-order valence-electron chi connectivity index (χ3n) is 1.60. The van der Waals surface area contributed by atoms with E-state index in [4.69, 9.17) is 5.26 Å². The Morgan fingerprint density at radius 3 is 1.86 bits per heavy atom. The van der Waals surface area contributed by atoms with Crippen LogP contribution in [0.1, 0.15) is 13.8 Å². The first kappa shape index (κ1) is 4.45. The molecule has 0 radical (unpaired) electrons. The van der Waals surface area contributed by atoms with E-state index in [0.29, 0.717) is 12.1 Å². The van der Waals surface area contributed by atoms with Crippen molar-refractivity contribution in [2.45, 2.75) is 25.9 Å². The van der Waals surface area contributed by atoms with Crippen molar-refractivity contribution in [3.8, 4) is 6.19 Å². The number of nitrogens with zero attached hydrogens (tertiary/aromatic N) is 2. The van der Waals surface area contributed by atoms with Crippen molar-refractivity contribution in [1.82, 2.24) is 4.90 Å². The highest BCUT2D eigenvalue weighted by atomic mass is 15.3. The Morgan fingerprint density at radius 2 is 1.86 bits per heavy atom. The summed E-state index contributed by atoms with van der Waals surface area (Å²) >= 11 is 0. The van der Waals surface area contributed by atoms with Crippen molar-refractivity contribution in [3.63, 3.8) is 0 Å².